The second kappa shape index (κ2) is 11.3. The topological polar surface area (TPSA) is 46.8 Å². The van der Waals surface area contributed by atoms with Crippen LogP contribution in [0.15, 0.2) is 180 Å². The first-order chi connectivity index (χ1) is 26.3. The number of furan rings is 1. The number of hydrogen-bond donors (Lipinski definition) is 0. The molecular weight excluding hydrogens is 647 g/mol. The zero-order valence-electron chi connectivity index (χ0n) is 28.5. The summed E-state index contributed by atoms with van der Waals surface area (Å²) in [5.74, 6) is 0. The Morgan fingerprint density at radius 2 is 0.943 bits per heavy atom. The standard InChI is InChI=1S/C49H29N3O/c50-30-35-29-34(33-25-23-32(24-26-33)31-13-3-1-4-14-31)27-28-40(35)52-42-21-11-8-18-38(42)45-48(52)44-37-17-7-10-20-41(37)51(36-15-5-2-6-16-36)47(44)46-39-19-9-12-22-43(39)53-49(45)46/h1-29H. The highest BCUT2D eigenvalue weighted by Gasteiger charge is 2.28. The van der Waals surface area contributed by atoms with Gasteiger partial charge in [0.1, 0.15) is 17.2 Å². The summed E-state index contributed by atoms with van der Waals surface area (Å²) < 4.78 is 11.6. The Morgan fingerprint density at radius 3 is 1.66 bits per heavy atom. The van der Waals surface area contributed by atoms with Crippen LogP contribution in [0.4, 0.5) is 0 Å². The van der Waals surface area contributed by atoms with Crippen molar-refractivity contribution in [3.05, 3.63) is 181 Å². The van der Waals surface area contributed by atoms with Gasteiger partial charge in [0.25, 0.3) is 0 Å². The molecule has 3 heterocycles. The Balaban J connectivity index is 1.27. The van der Waals surface area contributed by atoms with Gasteiger partial charge in [-0.15, -0.1) is 0 Å². The van der Waals surface area contributed by atoms with Crippen LogP contribution in [0.1, 0.15) is 5.56 Å². The van der Waals surface area contributed by atoms with Crippen molar-refractivity contribution in [2.45, 2.75) is 0 Å². The second-order valence-corrected chi connectivity index (χ2v) is 13.6. The molecule has 0 radical (unpaired) electrons. The minimum atomic E-state index is 0.599. The lowest BCUT2D eigenvalue weighted by atomic mass is 9.98. The highest BCUT2D eigenvalue weighted by molar-refractivity contribution is 6.39. The molecular formula is C49H29N3O. The fourth-order valence-electron chi connectivity index (χ4n) is 8.46. The van der Waals surface area contributed by atoms with Gasteiger partial charge in [-0.05, 0) is 64.7 Å². The second-order valence-electron chi connectivity index (χ2n) is 13.6. The van der Waals surface area contributed by atoms with Crippen molar-refractivity contribution >= 4 is 65.6 Å². The van der Waals surface area contributed by atoms with Crippen LogP contribution in [-0.4, -0.2) is 9.13 Å². The summed E-state index contributed by atoms with van der Waals surface area (Å²) in [4.78, 5) is 0. The Labute approximate surface area is 304 Å². The van der Waals surface area contributed by atoms with E-state index < -0.39 is 0 Å². The van der Waals surface area contributed by atoms with Gasteiger partial charge in [-0.3, -0.25) is 0 Å². The van der Waals surface area contributed by atoms with E-state index in [9.17, 15) is 5.26 Å². The summed E-state index contributed by atoms with van der Waals surface area (Å²) >= 11 is 0. The quantitative estimate of drug-likeness (QED) is 0.186. The molecule has 0 unspecified atom stereocenters. The normalized spacial score (nSPS) is 11.8. The van der Waals surface area contributed by atoms with E-state index in [1.54, 1.807) is 0 Å². The van der Waals surface area contributed by atoms with Gasteiger partial charge in [0.05, 0.1) is 44.1 Å². The molecule has 0 N–H and O–H groups in total. The molecule has 11 aromatic rings. The van der Waals surface area contributed by atoms with Crippen molar-refractivity contribution in [1.82, 2.24) is 9.13 Å². The minimum Gasteiger partial charge on any atom is -0.455 e. The molecule has 4 heteroatoms. The van der Waals surface area contributed by atoms with Crippen LogP contribution in [0.2, 0.25) is 0 Å². The average Bonchev–Trinajstić information content (AvgIpc) is 3.89. The lowest BCUT2D eigenvalue weighted by Gasteiger charge is -2.14. The first kappa shape index (κ1) is 29.4. The van der Waals surface area contributed by atoms with Crippen molar-refractivity contribution in [1.29, 1.82) is 5.26 Å². The van der Waals surface area contributed by atoms with Crippen molar-refractivity contribution in [3.63, 3.8) is 0 Å². The van der Waals surface area contributed by atoms with Gasteiger partial charge < -0.3 is 13.6 Å². The van der Waals surface area contributed by atoms with Crippen LogP contribution in [0.5, 0.6) is 0 Å². The van der Waals surface area contributed by atoms with Gasteiger partial charge in [-0.2, -0.15) is 5.26 Å². The number of nitrogens with zero attached hydrogens (tertiary/aromatic N) is 3. The number of hydrogen-bond acceptors (Lipinski definition) is 2. The molecule has 0 saturated carbocycles. The molecule has 0 fully saturated rings. The fraction of sp³-hybridized carbons (Fsp3) is 0. The van der Waals surface area contributed by atoms with Crippen molar-refractivity contribution < 1.29 is 4.42 Å². The Kier molecular flexibility index (Phi) is 6.28. The molecule has 0 spiro atoms. The third-order valence-corrected chi connectivity index (χ3v) is 10.7. The molecule has 4 nitrogen and oxygen atoms in total. The molecule has 0 saturated heterocycles. The summed E-state index contributed by atoms with van der Waals surface area (Å²) in [5, 5.41) is 17.4. The van der Waals surface area contributed by atoms with E-state index in [1.165, 1.54) is 5.56 Å². The lowest BCUT2D eigenvalue weighted by Crippen LogP contribution is -1.99. The highest BCUT2D eigenvalue weighted by atomic mass is 16.3. The predicted octanol–water partition coefficient (Wildman–Crippen LogP) is 13.0. The SMILES string of the molecule is N#Cc1cc(-c2ccc(-c3ccccc3)cc2)ccc1-n1c2ccccc2c2c3oc4ccccc4c3c3c(c4ccccc4n3-c3ccccc3)c21. The summed E-state index contributed by atoms with van der Waals surface area (Å²) in [6.45, 7) is 0. The average molecular weight is 676 g/mol. The van der Waals surface area contributed by atoms with Gasteiger partial charge in [0.15, 0.2) is 0 Å². The molecule has 246 valence electrons. The van der Waals surface area contributed by atoms with Gasteiger partial charge in [0, 0.05) is 27.2 Å². The maximum Gasteiger partial charge on any atom is 0.147 e. The van der Waals surface area contributed by atoms with E-state index in [1.807, 2.05) is 18.2 Å². The van der Waals surface area contributed by atoms with Gasteiger partial charge in [-0.25, -0.2) is 0 Å². The maximum atomic E-state index is 10.8. The molecule has 0 aliphatic carbocycles. The fourth-order valence-corrected chi connectivity index (χ4v) is 8.46. The molecule has 0 atom stereocenters. The first-order valence-corrected chi connectivity index (χ1v) is 17.8. The molecule has 0 aliphatic heterocycles. The number of nitriles is 1. The van der Waals surface area contributed by atoms with E-state index in [2.05, 4.69) is 173 Å². The summed E-state index contributed by atoms with van der Waals surface area (Å²) in [6, 6.07) is 63.9. The molecule has 53 heavy (non-hydrogen) atoms. The summed E-state index contributed by atoms with van der Waals surface area (Å²) in [7, 11) is 0. The maximum absolute atomic E-state index is 10.8. The van der Waals surface area contributed by atoms with Gasteiger partial charge >= 0.3 is 0 Å². The third-order valence-electron chi connectivity index (χ3n) is 10.7. The number of fused-ring (bicyclic) bond motifs is 12. The highest BCUT2D eigenvalue weighted by Crippen LogP contribution is 2.49. The first-order valence-electron chi connectivity index (χ1n) is 17.8. The van der Waals surface area contributed by atoms with Crippen LogP contribution in [0.3, 0.4) is 0 Å². The Morgan fingerprint density at radius 1 is 0.434 bits per heavy atom. The van der Waals surface area contributed by atoms with Gasteiger partial charge in [0.2, 0.25) is 0 Å². The molecule has 0 bridgehead atoms. The van der Waals surface area contributed by atoms with Crippen LogP contribution < -0.4 is 0 Å². The van der Waals surface area contributed by atoms with Crippen molar-refractivity contribution in [2.24, 2.45) is 0 Å². The zero-order valence-corrected chi connectivity index (χ0v) is 28.5. The number of para-hydroxylation sites is 4. The smallest absolute Gasteiger partial charge is 0.147 e. The largest absolute Gasteiger partial charge is 0.455 e. The summed E-state index contributed by atoms with van der Waals surface area (Å²) in [5.41, 5.74) is 12.8. The number of aromatic nitrogens is 2. The number of rotatable bonds is 4. The predicted molar refractivity (Wildman–Crippen MR) is 218 cm³/mol. The van der Waals surface area contributed by atoms with Crippen molar-refractivity contribution in [3.8, 4) is 39.7 Å². The third kappa shape index (κ3) is 4.22. The van der Waals surface area contributed by atoms with Gasteiger partial charge in [-0.1, -0.05) is 133 Å². The van der Waals surface area contributed by atoms with Crippen molar-refractivity contribution in [2.75, 3.05) is 0 Å². The van der Waals surface area contributed by atoms with E-state index in [4.69, 9.17) is 4.42 Å². The molecule has 3 aromatic heterocycles. The zero-order chi connectivity index (χ0) is 35.0. The molecule has 0 amide bonds. The van der Waals surface area contributed by atoms with Crippen LogP contribution in [-0.2, 0) is 0 Å². The van der Waals surface area contributed by atoms with Crippen LogP contribution in [0, 0.1) is 11.3 Å². The van der Waals surface area contributed by atoms with Crippen LogP contribution in [0.25, 0.3) is 99.2 Å². The van der Waals surface area contributed by atoms with Crippen LogP contribution >= 0.6 is 0 Å². The Hall–Kier alpha value is -7.35. The molecule has 8 aromatic carbocycles. The monoisotopic (exact) mass is 675 g/mol. The number of benzene rings is 8. The summed E-state index contributed by atoms with van der Waals surface area (Å²) in [6.07, 6.45) is 0. The Bertz CT molecular complexity index is 3270. The lowest BCUT2D eigenvalue weighted by molar-refractivity contribution is 0.673. The van der Waals surface area contributed by atoms with E-state index >= 15 is 0 Å². The van der Waals surface area contributed by atoms with E-state index in [-0.39, 0.29) is 0 Å². The molecule has 11 rings (SSSR count). The van der Waals surface area contributed by atoms with E-state index in [0.29, 0.717) is 5.56 Å². The minimum absolute atomic E-state index is 0.599. The molecule has 0 aliphatic rings. The van der Waals surface area contributed by atoms with E-state index in [0.717, 1.165) is 93.6 Å².